The molecule has 0 atom stereocenters. The average Bonchev–Trinajstić information content (AvgIpc) is 2.31. The van der Waals surface area contributed by atoms with Gasteiger partial charge in [0.1, 0.15) is 0 Å². The Bertz CT molecular complexity index is 362. The van der Waals surface area contributed by atoms with E-state index < -0.39 is 0 Å². The van der Waals surface area contributed by atoms with Gasteiger partial charge < -0.3 is 0 Å². The third-order valence-corrected chi connectivity index (χ3v) is 4.65. The first-order valence-corrected chi connectivity index (χ1v) is 6.07. The zero-order valence-electron chi connectivity index (χ0n) is 7.02. The van der Waals surface area contributed by atoms with Crippen LogP contribution in [0.25, 0.3) is 0 Å². The van der Waals surface area contributed by atoms with E-state index in [1.165, 1.54) is 0 Å². The molecule has 0 spiro atoms. The Labute approximate surface area is 103 Å². The molecule has 0 bridgehead atoms. The van der Waals surface area contributed by atoms with E-state index in [0.717, 1.165) is 20.5 Å². The lowest BCUT2D eigenvalue weighted by Gasteiger charge is -1.92. The van der Waals surface area contributed by atoms with Crippen molar-refractivity contribution in [3.8, 4) is 12.3 Å². The fourth-order valence-electron chi connectivity index (χ4n) is 1.03. The van der Waals surface area contributed by atoms with Crippen molar-refractivity contribution in [2.24, 2.45) is 0 Å². The molecule has 0 aliphatic heterocycles. The fourth-order valence-corrected chi connectivity index (χ4v) is 3.37. The number of rotatable bonds is 2. The average molecular weight is 372 g/mol. The molecule has 70 valence electrons. The quantitative estimate of drug-likeness (QED) is 0.558. The van der Waals surface area contributed by atoms with Crippen molar-refractivity contribution < 1.29 is 4.57 Å². The van der Waals surface area contributed by atoms with Gasteiger partial charge >= 0.3 is 4.73 Å². The lowest BCUT2D eigenvalue weighted by atomic mass is 10.6. The van der Waals surface area contributed by atoms with Crippen LogP contribution in [0.5, 0.6) is 0 Å². The first-order valence-electron chi connectivity index (χ1n) is 3.69. The van der Waals surface area contributed by atoms with Gasteiger partial charge in [-0.05, 0) is 6.92 Å². The van der Waals surface area contributed by atoms with Gasteiger partial charge in [-0.3, -0.25) is 0 Å². The van der Waals surface area contributed by atoms with Crippen LogP contribution in [0.3, 0.4) is 0 Å². The number of hydrogen-bond acceptors (Lipinski definition) is 0. The van der Waals surface area contributed by atoms with Crippen molar-refractivity contribution >= 4 is 47.8 Å². The molecule has 0 aliphatic carbocycles. The van der Waals surface area contributed by atoms with Crippen molar-refractivity contribution in [2.75, 3.05) is 0 Å². The molecule has 2 nitrogen and oxygen atoms in total. The molecule has 0 N–H and O–H groups in total. The summed E-state index contributed by atoms with van der Waals surface area (Å²) in [5.41, 5.74) is 0. The van der Waals surface area contributed by atoms with E-state index in [-0.39, 0.29) is 0 Å². The monoisotopic (exact) mass is 369 g/mol. The Morgan fingerprint density at radius 3 is 2.46 bits per heavy atom. The summed E-state index contributed by atoms with van der Waals surface area (Å²) in [6.07, 6.45) is 5.26. The SMILES string of the molecule is C#CC[n+]1c(Br)c(Br)n(CC)c1Br. The summed E-state index contributed by atoms with van der Waals surface area (Å²) in [5.74, 6) is 2.60. The molecule has 0 saturated carbocycles. The number of nitrogens with zero attached hydrogens (tertiary/aromatic N) is 2. The highest BCUT2D eigenvalue weighted by Crippen LogP contribution is 2.24. The predicted octanol–water partition coefficient (Wildman–Crippen LogP) is 2.72. The second kappa shape index (κ2) is 4.63. The predicted molar refractivity (Wildman–Crippen MR) is 62.2 cm³/mol. The zero-order chi connectivity index (χ0) is 10.0. The van der Waals surface area contributed by atoms with Crippen molar-refractivity contribution in [3.63, 3.8) is 0 Å². The van der Waals surface area contributed by atoms with E-state index in [9.17, 15) is 0 Å². The van der Waals surface area contributed by atoms with Crippen LogP contribution in [0.1, 0.15) is 6.92 Å². The van der Waals surface area contributed by atoms with E-state index in [0.29, 0.717) is 6.54 Å². The van der Waals surface area contributed by atoms with Gasteiger partial charge in [0.15, 0.2) is 6.54 Å². The Hall–Kier alpha value is 0.210. The third-order valence-electron chi connectivity index (χ3n) is 1.66. The Morgan fingerprint density at radius 1 is 1.46 bits per heavy atom. The molecule has 1 aromatic rings. The van der Waals surface area contributed by atoms with Gasteiger partial charge in [0, 0.05) is 47.8 Å². The molecule has 0 radical (unpaired) electrons. The lowest BCUT2D eigenvalue weighted by molar-refractivity contribution is -0.705. The smallest absolute Gasteiger partial charge is 0.211 e. The lowest BCUT2D eigenvalue weighted by Crippen LogP contribution is -2.34. The summed E-state index contributed by atoms with van der Waals surface area (Å²) in [4.78, 5) is 0. The largest absolute Gasteiger partial charge is 0.327 e. The van der Waals surface area contributed by atoms with Crippen LogP contribution in [-0.4, -0.2) is 4.57 Å². The fraction of sp³-hybridized carbons (Fsp3) is 0.375. The highest BCUT2D eigenvalue weighted by atomic mass is 79.9. The van der Waals surface area contributed by atoms with Crippen LogP contribution in [0, 0.1) is 12.3 Å². The van der Waals surface area contributed by atoms with Gasteiger partial charge in [0.05, 0.1) is 6.54 Å². The molecular weight excluding hydrogens is 364 g/mol. The van der Waals surface area contributed by atoms with Crippen LogP contribution < -0.4 is 4.57 Å². The van der Waals surface area contributed by atoms with Gasteiger partial charge in [0.25, 0.3) is 0 Å². The maximum absolute atomic E-state index is 5.26. The molecule has 0 unspecified atom stereocenters. The number of terminal acetylenes is 1. The molecule has 5 heteroatoms. The van der Waals surface area contributed by atoms with Gasteiger partial charge in [-0.1, -0.05) is 5.92 Å². The summed E-state index contributed by atoms with van der Waals surface area (Å²) in [5, 5.41) is 0. The molecule has 1 rings (SSSR count). The molecule has 1 aromatic heterocycles. The minimum absolute atomic E-state index is 0.548. The highest BCUT2D eigenvalue weighted by molar-refractivity contribution is 9.13. The highest BCUT2D eigenvalue weighted by Gasteiger charge is 2.24. The van der Waals surface area contributed by atoms with E-state index in [1.54, 1.807) is 0 Å². The topological polar surface area (TPSA) is 8.81 Å². The van der Waals surface area contributed by atoms with Crippen LogP contribution in [-0.2, 0) is 13.1 Å². The van der Waals surface area contributed by atoms with Crippen molar-refractivity contribution in [1.29, 1.82) is 0 Å². The maximum atomic E-state index is 5.26. The standard InChI is InChI=1S/C8H8Br3N2/c1-3-5-13-7(10)6(9)12(4-2)8(13)11/h1H,4-5H2,2H3/q+1. The molecular formula is C8H8Br3N2+. The number of hydrogen-bond donors (Lipinski definition) is 0. The molecule has 0 aliphatic rings. The normalized spacial score (nSPS) is 10.1. The Balaban J connectivity index is 3.29. The van der Waals surface area contributed by atoms with Crippen LogP contribution in [0.2, 0.25) is 0 Å². The first kappa shape index (κ1) is 11.3. The first-order chi connectivity index (χ1) is 6.13. The molecule has 0 saturated heterocycles. The number of halogens is 3. The number of aromatic nitrogens is 2. The van der Waals surface area contributed by atoms with Crippen LogP contribution in [0.4, 0.5) is 0 Å². The van der Waals surface area contributed by atoms with Gasteiger partial charge in [-0.25, -0.2) is 4.57 Å². The van der Waals surface area contributed by atoms with E-state index >= 15 is 0 Å². The van der Waals surface area contributed by atoms with Crippen LogP contribution >= 0.6 is 47.8 Å². The minimum Gasteiger partial charge on any atom is -0.211 e. The summed E-state index contributed by atoms with van der Waals surface area (Å²) in [7, 11) is 0. The molecule has 0 fully saturated rings. The number of imidazole rings is 1. The maximum Gasteiger partial charge on any atom is 0.327 e. The van der Waals surface area contributed by atoms with Gasteiger partial charge in [-0.15, -0.1) is 6.42 Å². The summed E-state index contributed by atoms with van der Waals surface area (Å²) < 4.78 is 6.96. The molecule has 0 amide bonds. The van der Waals surface area contributed by atoms with E-state index in [4.69, 9.17) is 6.42 Å². The Kier molecular flexibility index (Phi) is 4.02. The second-order valence-corrected chi connectivity index (χ2v) is 4.60. The van der Waals surface area contributed by atoms with Gasteiger partial charge in [-0.2, -0.15) is 4.57 Å². The summed E-state index contributed by atoms with van der Waals surface area (Å²) in [6, 6.07) is 0. The van der Waals surface area contributed by atoms with Crippen LogP contribution in [0.15, 0.2) is 13.9 Å². The molecule has 1 heterocycles. The van der Waals surface area contributed by atoms with Crippen molar-refractivity contribution in [3.05, 3.63) is 13.9 Å². The summed E-state index contributed by atoms with van der Waals surface area (Å²) >= 11 is 10.4. The van der Waals surface area contributed by atoms with Crippen molar-refractivity contribution in [2.45, 2.75) is 20.0 Å². The summed E-state index contributed by atoms with van der Waals surface area (Å²) in [6.45, 7) is 3.51. The van der Waals surface area contributed by atoms with E-state index in [1.807, 2.05) is 4.57 Å². The van der Waals surface area contributed by atoms with Gasteiger partial charge in [0.2, 0.25) is 9.21 Å². The Morgan fingerprint density at radius 2 is 2.08 bits per heavy atom. The van der Waals surface area contributed by atoms with E-state index in [2.05, 4.69) is 65.2 Å². The third kappa shape index (κ3) is 2.00. The molecule has 0 aromatic carbocycles. The molecule has 13 heavy (non-hydrogen) atoms. The van der Waals surface area contributed by atoms with Crippen molar-refractivity contribution in [1.82, 2.24) is 4.57 Å². The minimum atomic E-state index is 0.548. The second-order valence-electron chi connectivity index (χ2n) is 2.39. The zero-order valence-corrected chi connectivity index (χ0v) is 11.8.